The lowest BCUT2D eigenvalue weighted by molar-refractivity contribution is -0.175. The zero-order chi connectivity index (χ0) is 20.6. The number of anilines is 1. The first-order chi connectivity index (χ1) is 13.8. The van der Waals surface area contributed by atoms with Gasteiger partial charge in [0.05, 0.1) is 11.7 Å². The predicted molar refractivity (Wildman–Crippen MR) is 103 cm³/mol. The van der Waals surface area contributed by atoms with Gasteiger partial charge in [-0.3, -0.25) is 9.89 Å². The maximum absolute atomic E-state index is 13.3. The van der Waals surface area contributed by atoms with E-state index in [0.717, 1.165) is 17.0 Å². The molecule has 0 saturated carbocycles. The van der Waals surface area contributed by atoms with Crippen LogP contribution in [-0.2, 0) is 16.1 Å². The van der Waals surface area contributed by atoms with Gasteiger partial charge in [-0.2, -0.15) is 5.10 Å². The topological polar surface area (TPSA) is 108 Å². The molecule has 3 aromatic rings. The number of fused-ring (bicyclic) bond motifs is 1. The molecular weight excluding hydrogens is 403 g/mol. The molecule has 4 rings (SSSR count). The lowest BCUT2D eigenvalue weighted by Gasteiger charge is -2.22. The van der Waals surface area contributed by atoms with Crippen molar-refractivity contribution in [2.75, 3.05) is 11.4 Å². The Labute approximate surface area is 169 Å². The number of aromatic nitrogens is 2. The normalized spacial score (nSPS) is 19.0. The highest BCUT2D eigenvalue weighted by Gasteiger charge is 2.49. The number of hydrogen-bond donors (Lipinski definition) is 3. The molecule has 150 valence electrons. The molecule has 1 unspecified atom stereocenters. The quantitative estimate of drug-likeness (QED) is 0.565. The van der Waals surface area contributed by atoms with Crippen molar-refractivity contribution in [2.24, 2.45) is 0 Å². The van der Waals surface area contributed by atoms with Crippen molar-refractivity contribution in [3.63, 3.8) is 0 Å². The maximum atomic E-state index is 13.3. The number of benzene rings is 2. The van der Waals surface area contributed by atoms with Crippen molar-refractivity contribution >= 4 is 40.2 Å². The molecule has 0 spiro atoms. The number of nitrogens with one attached hydrogen (secondary N) is 2. The lowest BCUT2D eigenvalue weighted by Crippen LogP contribution is -2.46. The van der Waals surface area contributed by atoms with Crippen LogP contribution in [0.25, 0.3) is 10.9 Å². The molecule has 1 fully saturated rings. The number of nitrogens with zero attached hydrogens (tertiary/aromatic N) is 2. The molecule has 1 atom stereocenters. The summed E-state index contributed by atoms with van der Waals surface area (Å²) in [5, 5.41) is 20.6. The number of amides is 2. The van der Waals surface area contributed by atoms with E-state index in [1.54, 1.807) is 24.4 Å². The van der Waals surface area contributed by atoms with E-state index in [4.69, 9.17) is 16.3 Å². The number of rotatable bonds is 4. The van der Waals surface area contributed by atoms with Crippen molar-refractivity contribution in [3.05, 3.63) is 59.0 Å². The first-order valence-corrected chi connectivity index (χ1v) is 9.11. The molecule has 1 aromatic heterocycles. The molecule has 1 saturated heterocycles. The summed E-state index contributed by atoms with van der Waals surface area (Å²) < 4.78 is 18.3. The summed E-state index contributed by atoms with van der Waals surface area (Å²) in [4.78, 5) is 26.1. The van der Waals surface area contributed by atoms with Crippen LogP contribution < -0.4 is 10.2 Å². The summed E-state index contributed by atoms with van der Waals surface area (Å²) >= 11 is 5.77. The van der Waals surface area contributed by atoms with Crippen molar-refractivity contribution in [1.82, 2.24) is 15.5 Å². The summed E-state index contributed by atoms with van der Waals surface area (Å²) in [6.07, 6.45) is 0.524. The van der Waals surface area contributed by atoms with Crippen molar-refractivity contribution in [2.45, 2.75) is 18.8 Å². The van der Waals surface area contributed by atoms with Crippen LogP contribution in [0.4, 0.5) is 14.9 Å². The zero-order valence-corrected chi connectivity index (χ0v) is 15.7. The van der Waals surface area contributed by atoms with E-state index in [0.29, 0.717) is 11.3 Å². The lowest BCUT2D eigenvalue weighted by atomic mass is 10.2. The van der Waals surface area contributed by atoms with Gasteiger partial charge in [0.2, 0.25) is 0 Å². The second-order valence-electron chi connectivity index (χ2n) is 6.65. The fourth-order valence-electron chi connectivity index (χ4n) is 3.20. The average Bonchev–Trinajstić information content (AvgIpc) is 3.24. The first-order valence-electron chi connectivity index (χ1n) is 8.73. The third-order valence-corrected chi connectivity index (χ3v) is 4.83. The van der Waals surface area contributed by atoms with Gasteiger partial charge in [-0.05, 0) is 42.0 Å². The fraction of sp³-hybridized carbons (Fsp3) is 0.211. The Morgan fingerprint density at radius 1 is 1.38 bits per heavy atom. The summed E-state index contributed by atoms with van der Waals surface area (Å²) in [6, 6.07) is 9.04. The van der Waals surface area contributed by atoms with Crippen LogP contribution in [0, 0.1) is 5.82 Å². The number of carbonyl (C=O) groups is 2. The highest BCUT2D eigenvalue weighted by atomic mass is 35.5. The van der Waals surface area contributed by atoms with E-state index in [2.05, 4.69) is 15.5 Å². The van der Waals surface area contributed by atoms with E-state index in [1.807, 2.05) is 0 Å². The SMILES string of the molecule is O=C(NCc1cc(F)cc(Cl)c1)OC1(O)CCN(c2ccc3[nH]ncc3c2)C1=O. The van der Waals surface area contributed by atoms with Crippen LogP contribution in [0.1, 0.15) is 12.0 Å². The van der Waals surface area contributed by atoms with Gasteiger partial charge in [0.15, 0.2) is 0 Å². The van der Waals surface area contributed by atoms with Gasteiger partial charge in [-0.15, -0.1) is 0 Å². The Morgan fingerprint density at radius 3 is 3.00 bits per heavy atom. The summed E-state index contributed by atoms with van der Waals surface area (Å²) in [5.41, 5.74) is 1.77. The Bertz CT molecular complexity index is 1080. The number of aromatic amines is 1. The zero-order valence-electron chi connectivity index (χ0n) is 15.0. The molecule has 1 aliphatic rings. The average molecular weight is 419 g/mol. The molecular formula is C19H16ClFN4O4. The Hall–Kier alpha value is -3.17. The first kappa shape index (κ1) is 19.2. The van der Waals surface area contributed by atoms with E-state index in [-0.39, 0.29) is 24.5 Å². The summed E-state index contributed by atoms with van der Waals surface area (Å²) in [6.45, 7) is 0.0902. The molecule has 0 aliphatic carbocycles. The van der Waals surface area contributed by atoms with Crippen LogP contribution in [0.2, 0.25) is 5.02 Å². The molecule has 29 heavy (non-hydrogen) atoms. The number of aliphatic hydroxyl groups is 1. The minimum absolute atomic E-state index is 0.0819. The van der Waals surface area contributed by atoms with Crippen molar-refractivity contribution in [3.8, 4) is 0 Å². The summed E-state index contributed by atoms with van der Waals surface area (Å²) in [5.74, 6) is -3.57. The molecule has 2 aromatic carbocycles. The smallest absolute Gasteiger partial charge is 0.407 e. The molecule has 2 heterocycles. The largest absolute Gasteiger partial charge is 0.410 e. The molecule has 8 nitrogen and oxygen atoms in total. The second kappa shape index (κ2) is 7.34. The van der Waals surface area contributed by atoms with Gasteiger partial charge < -0.3 is 20.1 Å². The van der Waals surface area contributed by atoms with Crippen LogP contribution >= 0.6 is 11.6 Å². The Kier molecular flexibility index (Phi) is 4.85. The van der Waals surface area contributed by atoms with Crippen LogP contribution in [-0.4, -0.2) is 39.6 Å². The van der Waals surface area contributed by atoms with Crippen LogP contribution in [0.5, 0.6) is 0 Å². The van der Waals surface area contributed by atoms with Gasteiger partial charge in [-0.25, -0.2) is 9.18 Å². The van der Waals surface area contributed by atoms with Gasteiger partial charge in [0.25, 0.3) is 11.7 Å². The molecule has 0 radical (unpaired) electrons. The Morgan fingerprint density at radius 2 is 2.21 bits per heavy atom. The second-order valence-corrected chi connectivity index (χ2v) is 7.09. The highest BCUT2D eigenvalue weighted by molar-refractivity contribution is 6.30. The molecule has 1 aliphatic heterocycles. The molecule has 0 bridgehead atoms. The highest BCUT2D eigenvalue weighted by Crippen LogP contribution is 2.31. The van der Waals surface area contributed by atoms with E-state index in [9.17, 15) is 19.1 Å². The predicted octanol–water partition coefficient (Wildman–Crippen LogP) is 2.71. The van der Waals surface area contributed by atoms with E-state index in [1.165, 1.54) is 17.0 Å². The minimum atomic E-state index is -2.28. The fourth-order valence-corrected chi connectivity index (χ4v) is 3.44. The molecule has 3 N–H and O–H groups in total. The van der Waals surface area contributed by atoms with Crippen molar-refractivity contribution in [1.29, 1.82) is 0 Å². The number of H-pyrrole nitrogens is 1. The monoisotopic (exact) mass is 418 g/mol. The van der Waals surface area contributed by atoms with Gasteiger partial charge in [0, 0.05) is 35.6 Å². The summed E-state index contributed by atoms with van der Waals surface area (Å²) in [7, 11) is 0. The molecule has 10 heteroatoms. The minimum Gasteiger partial charge on any atom is -0.407 e. The number of halogens is 2. The number of ether oxygens (including phenoxy) is 1. The molecule has 2 amide bonds. The van der Waals surface area contributed by atoms with Gasteiger partial charge >= 0.3 is 6.09 Å². The number of carbonyl (C=O) groups excluding carboxylic acids is 2. The maximum Gasteiger partial charge on any atom is 0.410 e. The van der Waals surface area contributed by atoms with E-state index >= 15 is 0 Å². The third kappa shape index (κ3) is 3.87. The van der Waals surface area contributed by atoms with E-state index < -0.39 is 23.6 Å². The third-order valence-electron chi connectivity index (χ3n) is 4.61. The van der Waals surface area contributed by atoms with Gasteiger partial charge in [0.1, 0.15) is 5.82 Å². The van der Waals surface area contributed by atoms with Crippen LogP contribution in [0.15, 0.2) is 42.6 Å². The van der Waals surface area contributed by atoms with Crippen LogP contribution in [0.3, 0.4) is 0 Å². The number of alkyl carbamates (subject to hydrolysis) is 1. The van der Waals surface area contributed by atoms with Gasteiger partial charge in [-0.1, -0.05) is 11.6 Å². The Balaban J connectivity index is 1.41. The number of hydrogen-bond acceptors (Lipinski definition) is 5. The van der Waals surface area contributed by atoms with Crippen molar-refractivity contribution < 1.29 is 23.8 Å². The standard InChI is InChI=1S/C19H16ClFN4O4/c20-13-5-11(6-14(21)8-13)9-22-18(27)29-19(28)3-4-25(17(19)26)15-1-2-16-12(7-15)10-23-24-16/h1-2,5-8,10,28H,3-4,9H2,(H,22,27)(H,23,24).